The quantitative estimate of drug-likeness (QED) is 0.857. The number of amides is 1. The van der Waals surface area contributed by atoms with Gasteiger partial charge in [0.25, 0.3) is 5.91 Å². The summed E-state index contributed by atoms with van der Waals surface area (Å²) in [5.41, 5.74) is 0.755. The number of ether oxygens (including phenoxy) is 1. The molecule has 19 heavy (non-hydrogen) atoms. The highest BCUT2D eigenvalue weighted by Gasteiger charge is 2.28. The molecular formula is C13H13N3O2S. The molecule has 3 rings (SSSR count). The summed E-state index contributed by atoms with van der Waals surface area (Å²) in [4.78, 5) is 22.0. The summed E-state index contributed by atoms with van der Waals surface area (Å²) < 4.78 is 5.71. The molecule has 2 aromatic rings. The van der Waals surface area contributed by atoms with Crippen LogP contribution in [0.25, 0.3) is 0 Å². The molecule has 3 heterocycles. The van der Waals surface area contributed by atoms with Crippen molar-refractivity contribution in [1.82, 2.24) is 14.9 Å². The van der Waals surface area contributed by atoms with Crippen LogP contribution in [0, 0.1) is 0 Å². The highest BCUT2D eigenvalue weighted by atomic mass is 32.1. The molecule has 1 atom stereocenters. The third-order valence-electron chi connectivity index (χ3n) is 3.03. The Hall–Kier alpha value is -1.95. The van der Waals surface area contributed by atoms with Crippen molar-refractivity contribution < 1.29 is 9.53 Å². The first-order valence-corrected chi connectivity index (χ1v) is 7.01. The first-order valence-electron chi connectivity index (χ1n) is 6.07. The fourth-order valence-corrected chi connectivity index (χ4v) is 2.72. The minimum atomic E-state index is -0.000661. The maximum atomic E-state index is 12.2. The fourth-order valence-electron chi connectivity index (χ4n) is 2.09. The molecule has 0 bridgehead atoms. The van der Waals surface area contributed by atoms with Gasteiger partial charge in [0.05, 0.1) is 18.3 Å². The number of aromatic nitrogens is 2. The maximum absolute atomic E-state index is 12.2. The van der Waals surface area contributed by atoms with Gasteiger partial charge in [0.15, 0.2) is 0 Å². The van der Waals surface area contributed by atoms with Crippen LogP contribution >= 0.6 is 11.3 Å². The van der Waals surface area contributed by atoms with Crippen molar-refractivity contribution in [2.24, 2.45) is 0 Å². The Labute approximate surface area is 114 Å². The lowest BCUT2D eigenvalue weighted by Crippen LogP contribution is -2.30. The largest absolute Gasteiger partial charge is 0.471 e. The number of thiophene rings is 1. The van der Waals surface area contributed by atoms with Crippen LogP contribution in [-0.2, 0) is 0 Å². The Bertz CT molecular complexity index is 544. The smallest absolute Gasteiger partial charge is 0.254 e. The van der Waals surface area contributed by atoms with Gasteiger partial charge in [-0.1, -0.05) is 0 Å². The summed E-state index contributed by atoms with van der Waals surface area (Å²) >= 11 is 1.53. The van der Waals surface area contributed by atoms with Gasteiger partial charge >= 0.3 is 0 Å². The van der Waals surface area contributed by atoms with Crippen LogP contribution in [0.4, 0.5) is 0 Å². The van der Waals surface area contributed by atoms with Crippen molar-refractivity contribution in [3.05, 3.63) is 41.0 Å². The van der Waals surface area contributed by atoms with Gasteiger partial charge in [-0.05, 0) is 11.4 Å². The number of hydrogen-bond donors (Lipinski definition) is 0. The highest BCUT2D eigenvalue weighted by molar-refractivity contribution is 7.08. The minimum absolute atomic E-state index is 0.000661. The summed E-state index contributed by atoms with van der Waals surface area (Å²) in [6, 6.07) is 1.85. The van der Waals surface area contributed by atoms with Crippen molar-refractivity contribution >= 4 is 17.2 Å². The number of likely N-dealkylation sites (tertiary alicyclic amines) is 1. The third-order valence-corrected chi connectivity index (χ3v) is 3.71. The van der Waals surface area contributed by atoms with Gasteiger partial charge in [-0.3, -0.25) is 9.78 Å². The van der Waals surface area contributed by atoms with Gasteiger partial charge in [-0.2, -0.15) is 11.3 Å². The van der Waals surface area contributed by atoms with Crippen molar-refractivity contribution in [2.75, 3.05) is 13.1 Å². The lowest BCUT2D eigenvalue weighted by atomic mass is 10.3. The summed E-state index contributed by atoms with van der Waals surface area (Å²) in [6.45, 7) is 1.32. The molecule has 0 spiro atoms. The summed E-state index contributed by atoms with van der Waals surface area (Å²) in [6.07, 6.45) is 5.61. The van der Waals surface area contributed by atoms with Gasteiger partial charge in [0.1, 0.15) is 6.10 Å². The molecule has 0 radical (unpaired) electrons. The van der Waals surface area contributed by atoms with Gasteiger partial charge in [-0.25, -0.2) is 4.98 Å². The van der Waals surface area contributed by atoms with E-state index in [0.717, 1.165) is 18.5 Å². The Morgan fingerprint density at radius 1 is 1.47 bits per heavy atom. The van der Waals surface area contributed by atoms with E-state index in [1.54, 1.807) is 18.6 Å². The molecule has 1 unspecified atom stereocenters. The Balaban J connectivity index is 1.60. The van der Waals surface area contributed by atoms with E-state index in [4.69, 9.17) is 4.74 Å². The predicted molar refractivity (Wildman–Crippen MR) is 71.3 cm³/mol. The zero-order valence-corrected chi connectivity index (χ0v) is 11.0. The normalized spacial score (nSPS) is 18.5. The van der Waals surface area contributed by atoms with Crippen LogP contribution in [0.1, 0.15) is 16.8 Å². The molecule has 98 valence electrons. The van der Waals surface area contributed by atoms with E-state index in [2.05, 4.69) is 9.97 Å². The number of rotatable bonds is 3. The Morgan fingerprint density at radius 3 is 3.16 bits per heavy atom. The number of carbonyl (C=O) groups is 1. The molecule has 2 aromatic heterocycles. The molecule has 0 aliphatic carbocycles. The predicted octanol–water partition coefficient (Wildman–Crippen LogP) is 1.83. The van der Waals surface area contributed by atoms with Crippen LogP contribution in [-0.4, -0.2) is 40.0 Å². The van der Waals surface area contributed by atoms with Gasteiger partial charge in [0, 0.05) is 30.7 Å². The van der Waals surface area contributed by atoms with E-state index in [0.29, 0.717) is 12.4 Å². The van der Waals surface area contributed by atoms with E-state index >= 15 is 0 Å². The second-order valence-electron chi connectivity index (χ2n) is 4.34. The van der Waals surface area contributed by atoms with E-state index in [-0.39, 0.29) is 12.0 Å². The molecule has 0 aromatic carbocycles. The van der Waals surface area contributed by atoms with Crippen molar-refractivity contribution in [3.63, 3.8) is 0 Å². The molecular weight excluding hydrogens is 262 g/mol. The van der Waals surface area contributed by atoms with Gasteiger partial charge < -0.3 is 9.64 Å². The van der Waals surface area contributed by atoms with Crippen molar-refractivity contribution in [1.29, 1.82) is 0 Å². The second-order valence-corrected chi connectivity index (χ2v) is 5.12. The summed E-state index contributed by atoms with van der Waals surface area (Å²) in [5, 5.41) is 3.79. The standard InChI is InChI=1S/C13H13N3O2S/c17-13(10-2-6-19-9-10)16-5-1-11(8-16)18-12-7-14-3-4-15-12/h2-4,6-7,9,11H,1,5,8H2. The zero-order valence-electron chi connectivity index (χ0n) is 10.2. The summed E-state index contributed by atoms with van der Waals surface area (Å²) in [5.74, 6) is 0.587. The minimum Gasteiger partial charge on any atom is -0.471 e. The average Bonchev–Trinajstić information content (AvgIpc) is 3.10. The third kappa shape index (κ3) is 2.73. The lowest BCUT2D eigenvalue weighted by Gasteiger charge is -2.16. The molecule has 0 saturated carbocycles. The van der Waals surface area contributed by atoms with Crippen LogP contribution in [0.5, 0.6) is 5.88 Å². The first kappa shape index (κ1) is 12.1. The Kier molecular flexibility index (Phi) is 3.41. The average molecular weight is 275 g/mol. The Morgan fingerprint density at radius 2 is 2.42 bits per heavy atom. The monoisotopic (exact) mass is 275 g/mol. The molecule has 1 aliphatic heterocycles. The number of nitrogens with zero attached hydrogens (tertiary/aromatic N) is 3. The SMILES string of the molecule is O=C(c1ccsc1)N1CCC(Oc2cnccn2)C1. The van der Waals surface area contributed by atoms with E-state index in [9.17, 15) is 4.79 Å². The van der Waals surface area contributed by atoms with Crippen molar-refractivity contribution in [3.8, 4) is 5.88 Å². The molecule has 6 heteroatoms. The summed E-state index contributed by atoms with van der Waals surface area (Å²) in [7, 11) is 0. The molecule has 1 amide bonds. The van der Waals surface area contributed by atoms with Crippen LogP contribution in [0.2, 0.25) is 0 Å². The highest BCUT2D eigenvalue weighted by Crippen LogP contribution is 2.18. The second kappa shape index (κ2) is 5.36. The molecule has 1 fully saturated rings. The molecule has 0 N–H and O–H groups in total. The first-order chi connectivity index (χ1) is 9.33. The van der Waals surface area contributed by atoms with E-state index in [1.165, 1.54) is 11.3 Å². The van der Waals surface area contributed by atoms with Crippen molar-refractivity contribution in [2.45, 2.75) is 12.5 Å². The van der Waals surface area contributed by atoms with Gasteiger partial charge in [0.2, 0.25) is 5.88 Å². The lowest BCUT2D eigenvalue weighted by molar-refractivity contribution is 0.0771. The maximum Gasteiger partial charge on any atom is 0.254 e. The van der Waals surface area contributed by atoms with E-state index < -0.39 is 0 Å². The molecule has 1 saturated heterocycles. The molecule has 1 aliphatic rings. The van der Waals surface area contributed by atoms with Gasteiger partial charge in [-0.15, -0.1) is 0 Å². The fraction of sp³-hybridized carbons (Fsp3) is 0.308. The number of hydrogen-bond acceptors (Lipinski definition) is 5. The van der Waals surface area contributed by atoms with E-state index in [1.807, 2.05) is 21.7 Å². The van der Waals surface area contributed by atoms with Crippen LogP contribution in [0.15, 0.2) is 35.4 Å². The zero-order chi connectivity index (χ0) is 13.1. The number of carbonyl (C=O) groups excluding carboxylic acids is 1. The van der Waals surface area contributed by atoms with Crippen LogP contribution in [0.3, 0.4) is 0 Å². The topological polar surface area (TPSA) is 55.3 Å². The molecule has 5 nitrogen and oxygen atoms in total. The van der Waals surface area contributed by atoms with Crippen LogP contribution < -0.4 is 4.74 Å².